The molecule has 2 aromatic heterocycles. The van der Waals surface area contributed by atoms with Crippen LogP contribution in [-0.4, -0.2) is 81.8 Å². The van der Waals surface area contributed by atoms with Gasteiger partial charge >= 0.3 is 12.8 Å². The third kappa shape index (κ3) is 7.57. The highest BCUT2D eigenvalue weighted by atomic mass is 35.5. The van der Waals surface area contributed by atoms with E-state index in [4.69, 9.17) is 11.6 Å². The van der Waals surface area contributed by atoms with Crippen LogP contribution in [0, 0.1) is 5.41 Å². The van der Waals surface area contributed by atoms with Gasteiger partial charge in [0.1, 0.15) is 15.4 Å². The fourth-order valence-corrected chi connectivity index (χ4v) is 6.31. The van der Waals surface area contributed by atoms with Crippen LogP contribution in [0.2, 0.25) is 5.02 Å². The average Bonchev–Trinajstić information content (AvgIpc) is 3.23. The van der Waals surface area contributed by atoms with Crippen LogP contribution in [0.25, 0.3) is 11.3 Å². The zero-order valence-electron chi connectivity index (χ0n) is 23.9. The van der Waals surface area contributed by atoms with Gasteiger partial charge in [-0.15, -0.1) is 0 Å². The summed E-state index contributed by atoms with van der Waals surface area (Å²) in [4.78, 5) is 17.0. The number of pyridine rings is 1. The first-order chi connectivity index (χ1) is 19.8. The van der Waals surface area contributed by atoms with Gasteiger partial charge in [-0.05, 0) is 44.7 Å². The highest BCUT2D eigenvalue weighted by Crippen LogP contribution is 2.44. The Morgan fingerprint density at radius 3 is 2.47 bits per heavy atom. The molecule has 0 bridgehead atoms. The number of nitrogens with zero attached hydrogens (tertiary/aromatic N) is 3. The standard InChI is InChI=1S/C26H34ClF5N4O6S/c1-5-24(3,26(30,31)32)12-14-7-8-16(22(34-14)42-23(28)29)20-18(27)19(35-36(20)6-2)21(38)33-13-25(39)10-9-15(11-17(25)37)43(4,40)41/h7-8,15,17,23,37,39H,5-6,9-13H2,1-4H3,(H,33,38)/t15-,17-,24?,25-/m1/s1. The molecule has 0 aliphatic heterocycles. The fraction of sp³-hybridized carbons (Fsp3) is 0.654. The number of halogens is 6. The van der Waals surface area contributed by atoms with Crippen molar-refractivity contribution >= 4 is 27.3 Å². The third-order valence-electron chi connectivity index (χ3n) is 7.99. The van der Waals surface area contributed by atoms with Gasteiger partial charge < -0.3 is 20.3 Å². The maximum Gasteiger partial charge on any atom is 0.394 e. The van der Waals surface area contributed by atoms with E-state index in [-0.39, 0.29) is 59.9 Å². The lowest BCUT2D eigenvalue weighted by atomic mass is 9.82. The van der Waals surface area contributed by atoms with Crippen molar-refractivity contribution < 1.29 is 50.1 Å². The summed E-state index contributed by atoms with van der Waals surface area (Å²) in [7, 11) is -3.45. The van der Waals surface area contributed by atoms with E-state index in [0.29, 0.717) is 0 Å². The summed E-state index contributed by atoms with van der Waals surface area (Å²) < 4.78 is 97.1. The van der Waals surface area contributed by atoms with Gasteiger partial charge in [0.2, 0.25) is 5.88 Å². The maximum atomic E-state index is 13.7. The summed E-state index contributed by atoms with van der Waals surface area (Å²) in [6.07, 6.45) is -6.19. The molecule has 17 heteroatoms. The number of aromatic nitrogens is 3. The van der Waals surface area contributed by atoms with Crippen molar-refractivity contribution in [1.29, 1.82) is 0 Å². The number of nitrogens with one attached hydrogen (secondary N) is 1. The average molecular weight is 661 g/mol. The first-order valence-electron chi connectivity index (χ1n) is 13.4. The first kappa shape index (κ1) is 34.9. The Balaban J connectivity index is 1.92. The molecule has 0 aromatic carbocycles. The second kappa shape index (κ2) is 12.8. The number of amides is 1. The van der Waals surface area contributed by atoms with Crippen LogP contribution < -0.4 is 10.1 Å². The molecule has 2 aromatic rings. The Morgan fingerprint density at radius 2 is 1.95 bits per heavy atom. The van der Waals surface area contributed by atoms with Gasteiger partial charge in [-0.3, -0.25) is 9.48 Å². The summed E-state index contributed by atoms with van der Waals surface area (Å²) >= 11 is 6.49. The lowest BCUT2D eigenvalue weighted by molar-refractivity contribution is -0.219. The van der Waals surface area contributed by atoms with Gasteiger partial charge in [0.05, 0.1) is 33.0 Å². The molecule has 4 atom stereocenters. The van der Waals surface area contributed by atoms with Crippen LogP contribution in [0.3, 0.4) is 0 Å². The molecule has 0 spiro atoms. The molecule has 1 fully saturated rings. The summed E-state index contributed by atoms with van der Waals surface area (Å²) in [5, 5.41) is 26.7. The Kier molecular flexibility index (Phi) is 10.4. The number of hydrogen-bond donors (Lipinski definition) is 3. The highest BCUT2D eigenvalue weighted by Gasteiger charge is 2.50. The maximum absolute atomic E-state index is 13.7. The molecule has 2 heterocycles. The highest BCUT2D eigenvalue weighted by molar-refractivity contribution is 7.91. The number of alkyl halides is 5. The number of aryl methyl sites for hydroxylation is 1. The predicted molar refractivity (Wildman–Crippen MR) is 147 cm³/mol. The number of aliphatic hydroxyl groups is 2. The SMILES string of the molecule is CCn1nc(C(=O)NC[C@]2(O)CC[C@@H](S(C)(=O)=O)C[C@H]2O)c(Cl)c1-c1ccc(CC(C)(CC)C(F)(F)F)nc1OC(F)F. The van der Waals surface area contributed by atoms with Gasteiger partial charge in [0, 0.05) is 31.5 Å². The lowest BCUT2D eigenvalue weighted by Crippen LogP contribution is -2.56. The second-order valence-electron chi connectivity index (χ2n) is 11.0. The van der Waals surface area contributed by atoms with Gasteiger partial charge in [-0.25, -0.2) is 13.4 Å². The summed E-state index contributed by atoms with van der Waals surface area (Å²) in [5.41, 5.74) is -4.76. The number of aliphatic hydroxyl groups excluding tert-OH is 1. The van der Waals surface area contributed by atoms with E-state index in [1.54, 1.807) is 6.92 Å². The summed E-state index contributed by atoms with van der Waals surface area (Å²) in [6.45, 7) is 0.182. The van der Waals surface area contributed by atoms with Crippen molar-refractivity contribution in [3.63, 3.8) is 0 Å². The van der Waals surface area contributed by atoms with Crippen molar-refractivity contribution in [2.75, 3.05) is 12.8 Å². The minimum Gasteiger partial charge on any atom is -0.416 e. The van der Waals surface area contributed by atoms with E-state index >= 15 is 0 Å². The van der Waals surface area contributed by atoms with Gasteiger partial charge in [0.25, 0.3) is 5.91 Å². The molecule has 242 valence electrons. The van der Waals surface area contributed by atoms with E-state index in [9.17, 15) is 45.4 Å². The molecule has 0 saturated heterocycles. The molecule has 10 nitrogen and oxygen atoms in total. The van der Waals surface area contributed by atoms with Crippen molar-refractivity contribution in [2.45, 2.75) is 89.2 Å². The smallest absolute Gasteiger partial charge is 0.394 e. The fourth-order valence-electron chi connectivity index (χ4n) is 4.90. The van der Waals surface area contributed by atoms with Crippen LogP contribution in [0.5, 0.6) is 5.88 Å². The molecule has 1 amide bonds. The van der Waals surface area contributed by atoms with Crippen LogP contribution in [-0.2, 0) is 22.8 Å². The van der Waals surface area contributed by atoms with E-state index in [1.165, 1.54) is 23.7 Å². The van der Waals surface area contributed by atoms with Crippen molar-refractivity contribution in [2.24, 2.45) is 5.41 Å². The quantitative estimate of drug-likeness (QED) is 0.305. The monoisotopic (exact) mass is 660 g/mol. The summed E-state index contributed by atoms with van der Waals surface area (Å²) in [5.74, 6) is -1.61. The molecule has 0 radical (unpaired) electrons. The van der Waals surface area contributed by atoms with Crippen LogP contribution in [0.1, 0.15) is 62.6 Å². The number of sulfone groups is 1. The van der Waals surface area contributed by atoms with E-state index < -0.39 is 69.7 Å². The molecule has 1 unspecified atom stereocenters. The number of carbonyl (C=O) groups is 1. The zero-order valence-corrected chi connectivity index (χ0v) is 25.5. The Morgan fingerprint density at radius 1 is 1.30 bits per heavy atom. The number of hydrogen-bond acceptors (Lipinski definition) is 8. The Labute approximate surface area is 250 Å². The van der Waals surface area contributed by atoms with E-state index in [0.717, 1.165) is 13.2 Å². The lowest BCUT2D eigenvalue weighted by Gasteiger charge is -2.39. The topological polar surface area (TPSA) is 144 Å². The zero-order chi connectivity index (χ0) is 32.5. The number of ether oxygens (including phenoxy) is 1. The van der Waals surface area contributed by atoms with Crippen LogP contribution in [0.15, 0.2) is 12.1 Å². The molecule has 3 N–H and O–H groups in total. The molecule has 43 heavy (non-hydrogen) atoms. The molecule has 1 saturated carbocycles. The van der Waals surface area contributed by atoms with E-state index in [2.05, 4.69) is 20.1 Å². The van der Waals surface area contributed by atoms with Crippen molar-refractivity contribution in [3.05, 3.63) is 28.5 Å². The van der Waals surface area contributed by atoms with Crippen LogP contribution >= 0.6 is 11.6 Å². The Bertz CT molecular complexity index is 1440. The molecular formula is C26H34ClF5N4O6S. The first-order valence-corrected chi connectivity index (χ1v) is 15.7. The predicted octanol–water partition coefficient (Wildman–Crippen LogP) is 4.16. The largest absolute Gasteiger partial charge is 0.416 e. The van der Waals surface area contributed by atoms with Gasteiger partial charge in [0.15, 0.2) is 5.69 Å². The summed E-state index contributed by atoms with van der Waals surface area (Å²) in [6, 6.07) is 2.43. The van der Waals surface area contributed by atoms with Gasteiger partial charge in [-0.1, -0.05) is 25.4 Å². The minimum atomic E-state index is -4.59. The van der Waals surface area contributed by atoms with Crippen LogP contribution in [0.4, 0.5) is 22.0 Å². The number of carbonyl (C=O) groups excluding carboxylic acids is 1. The molecule has 3 rings (SSSR count). The molecule has 1 aliphatic rings. The van der Waals surface area contributed by atoms with Crippen molar-refractivity contribution in [3.8, 4) is 17.1 Å². The van der Waals surface area contributed by atoms with Crippen molar-refractivity contribution in [1.82, 2.24) is 20.1 Å². The third-order valence-corrected chi connectivity index (χ3v) is 9.98. The number of rotatable bonds is 11. The minimum absolute atomic E-state index is 0.0634. The molecule has 1 aliphatic carbocycles. The second-order valence-corrected chi connectivity index (χ2v) is 13.7. The normalized spacial score (nSPS) is 22.8. The molecular weight excluding hydrogens is 627 g/mol. The van der Waals surface area contributed by atoms with Gasteiger partial charge in [-0.2, -0.15) is 27.1 Å². The van der Waals surface area contributed by atoms with E-state index in [1.807, 2.05) is 0 Å². The Hall–Kier alpha value is -2.56.